The zero-order valence-electron chi connectivity index (χ0n) is 23.7. The van der Waals surface area contributed by atoms with Crippen LogP contribution in [0.3, 0.4) is 0 Å². The molecule has 4 heterocycles. The largest absolute Gasteiger partial charge is 0.464 e. The van der Waals surface area contributed by atoms with Crippen molar-refractivity contribution in [3.63, 3.8) is 0 Å². The van der Waals surface area contributed by atoms with E-state index in [4.69, 9.17) is 4.42 Å². The van der Waals surface area contributed by atoms with Crippen LogP contribution in [0.25, 0.3) is 44.3 Å². The van der Waals surface area contributed by atoms with E-state index in [0.29, 0.717) is 0 Å². The summed E-state index contributed by atoms with van der Waals surface area (Å²) < 4.78 is 7.44. The van der Waals surface area contributed by atoms with E-state index >= 15 is 0 Å². The number of hydrogen-bond donors (Lipinski definition) is 1. The van der Waals surface area contributed by atoms with Crippen molar-refractivity contribution < 1.29 is 4.42 Å². The number of fused-ring (bicyclic) bond motifs is 2. The molecule has 1 atom stereocenters. The standard InChI is InChI=1S/C28H24N6O.2C2H6/c1-17-16-35-27-5-4-19(9-24(17)27)25-10-23(11-26-28(25)31-7-6-30-26)33-18(2)20-8-21(13-29-12-20)22-14-32-34(3)15-22;2*1-2/h4-16,18,33H,1-3H3;2*1-2H3/t18-;;/m0../s1. The molecule has 0 saturated heterocycles. The summed E-state index contributed by atoms with van der Waals surface area (Å²) in [5.41, 5.74) is 9.93. The summed E-state index contributed by atoms with van der Waals surface area (Å²) in [5.74, 6) is 0. The van der Waals surface area contributed by atoms with Gasteiger partial charge in [-0.25, -0.2) is 0 Å². The van der Waals surface area contributed by atoms with Crippen LogP contribution in [0.4, 0.5) is 5.69 Å². The normalized spacial score (nSPS) is 11.4. The van der Waals surface area contributed by atoms with Crippen LogP contribution < -0.4 is 5.32 Å². The van der Waals surface area contributed by atoms with Crippen LogP contribution in [0.15, 0.2) is 84.3 Å². The van der Waals surface area contributed by atoms with Gasteiger partial charge in [0.15, 0.2) is 0 Å². The molecule has 0 spiro atoms. The Labute approximate surface area is 230 Å². The number of benzene rings is 2. The van der Waals surface area contributed by atoms with Crippen molar-refractivity contribution in [3.8, 4) is 22.3 Å². The van der Waals surface area contributed by atoms with Crippen molar-refractivity contribution in [2.24, 2.45) is 7.05 Å². The van der Waals surface area contributed by atoms with Crippen LogP contribution in [-0.4, -0.2) is 24.7 Å². The fraction of sp³-hybridized carbons (Fsp3) is 0.250. The molecular weight excluding hydrogens is 484 g/mol. The molecule has 39 heavy (non-hydrogen) atoms. The number of anilines is 1. The first-order chi connectivity index (χ1) is 19.0. The molecule has 0 unspecified atom stereocenters. The minimum atomic E-state index is 0.0275. The molecule has 7 nitrogen and oxygen atoms in total. The van der Waals surface area contributed by atoms with Crippen LogP contribution in [-0.2, 0) is 7.05 Å². The molecule has 0 aliphatic heterocycles. The van der Waals surface area contributed by atoms with Crippen molar-refractivity contribution >= 4 is 27.7 Å². The highest BCUT2D eigenvalue weighted by Crippen LogP contribution is 2.34. The number of aryl methyl sites for hydroxylation is 2. The van der Waals surface area contributed by atoms with Gasteiger partial charge in [-0.15, -0.1) is 0 Å². The molecule has 0 aliphatic rings. The van der Waals surface area contributed by atoms with E-state index in [1.54, 1.807) is 23.3 Å². The average molecular weight is 521 g/mol. The van der Waals surface area contributed by atoms with Crippen LogP contribution >= 0.6 is 0 Å². The summed E-state index contributed by atoms with van der Waals surface area (Å²) >= 11 is 0. The van der Waals surface area contributed by atoms with E-state index in [1.165, 1.54) is 0 Å². The molecule has 0 saturated carbocycles. The number of furan rings is 1. The second-order valence-electron chi connectivity index (χ2n) is 8.85. The third kappa shape index (κ3) is 5.82. The first-order valence-electron chi connectivity index (χ1n) is 13.5. The van der Waals surface area contributed by atoms with Gasteiger partial charge in [0.25, 0.3) is 0 Å². The third-order valence-corrected chi connectivity index (χ3v) is 6.33. The topological polar surface area (TPSA) is 81.7 Å². The lowest BCUT2D eigenvalue weighted by atomic mass is 10.00. The van der Waals surface area contributed by atoms with E-state index < -0.39 is 0 Å². The van der Waals surface area contributed by atoms with Gasteiger partial charge < -0.3 is 9.73 Å². The van der Waals surface area contributed by atoms with Gasteiger partial charge in [0.1, 0.15) is 5.58 Å². The van der Waals surface area contributed by atoms with E-state index in [9.17, 15) is 0 Å². The molecule has 200 valence electrons. The van der Waals surface area contributed by atoms with Gasteiger partial charge in [0.2, 0.25) is 0 Å². The number of rotatable bonds is 5. The van der Waals surface area contributed by atoms with Crippen LogP contribution in [0.1, 0.15) is 51.8 Å². The minimum absolute atomic E-state index is 0.0275. The zero-order valence-corrected chi connectivity index (χ0v) is 23.7. The van der Waals surface area contributed by atoms with E-state index in [1.807, 2.05) is 71.7 Å². The fourth-order valence-electron chi connectivity index (χ4n) is 4.46. The Morgan fingerprint density at radius 1 is 0.872 bits per heavy atom. The molecule has 6 rings (SSSR count). The lowest BCUT2D eigenvalue weighted by Crippen LogP contribution is -2.07. The first kappa shape index (κ1) is 27.5. The van der Waals surface area contributed by atoms with Gasteiger partial charge in [0.05, 0.1) is 29.5 Å². The van der Waals surface area contributed by atoms with Crippen LogP contribution in [0, 0.1) is 6.92 Å². The fourth-order valence-corrected chi connectivity index (χ4v) is 4.46. The van der Waals surface area contributed by atoms with Crippen molar-refractivity contribution in [3.05, 3.63) is 91.0 Å². The van der Waals surface area contributed by atoms with Gasteiger partial charge in [-0.1, -0.05) is 33.8 Å². The lowest BCUT2D eigenvalue weighted by Gasteiger charge is -2.18. The van der Waals surface area contributed by atoms with Gasteiger partial charge >= 0.3 is 0 Å². The lowest BCUT2D eigenvalue weighted by molar-refractivity contribution is 0.613. The predicted molar refractivity (Wildman–Crippen MR) is 161 cm³/mol. The first-order valence-corrected chi connectivity index (χ1v) is 13.5. The van der Waals surface area contributed by atoms with Gasteiger partial charge in [-0.05, 0) is 60.9 Å². The molecule has 0 fully saturated rings. The minimum Gasteiger partial charge on any atom is -0.464 e. The maximum absolute atomic E-state index is 5.64. The Morgan fingerprint density at radius 2 is 1.67 bits per heavy atom. The Kier molecular flexibility index (Phi) is 8.71. The van der Waals surface area contributed by atoms with E-state index in [-0.39, 0.29) is 6.04 Å². The van der Waals surface area contributed by atoms with Crippen LogP contribution in [0.5, 0.6) is 0 Å². The van der Waals surface area contributed by atoms with E-state index in [0.717, 1.165) is 61.1 Å². The summed E-state index contributed by atoms with van der Waals surface area (Å²) in [6.45, 7) is 12.2. The Bertz CT molecular complexity index is 1680. The Balaban J connectivity index is 0.000000845. The van der Waals surface area contributed by atoms with Crippen molar-refractivity contribution in [1.29, 1.82) is 0 Å². The summed E-state index contributed by atoms with van der Waals surface area (Å²) in [4.78, 5) is 13.7. The maximum atomic E-state index is 5.64. The summed E-state index contributed by atoms with van der Waals surface area (Å²) in [7, 11) is 1.91. The number of nitrogens with zero attached hydrogens (tertiary/aromatic N) is 5. The number of hydrogen-bond acceptors (Lipinski definition) is 6. The number of pyridine rings is 1. The smallest absolute Gasteiger partial charge is 0.134 e. The summed E-state index contributed by atoms with van der Waals surface area (Å²) in [6, 6.07) is 12.6. The third-order valence-electron chi connectivity index (χ3n) is 6.33. The maximum Gasteiger partial charge on any atom is 0.134 e. The molecule has 6 aromatic rings. The summed E-state index contributed by atoms with van der Waals surface area (Å²) in [6.07, 6.45) is 12.9. The van der Waals surface area contributed by atoms with Crippen molar-refractivity contribution in [1.82, 2.24) is 24.7 Å². The van der Waals surface area contributed by atoms with Gasteiger partial charge in [-0.2, -0.15) is 5.10 Å². The van der Waals surface area contributed by atoms with Crippen molar-refractivity contribution in [2.75, 3.05) is 5.32 Å². The van der Waals surface area contributed by atoms with Gasteiger partial charge in [-0.3, -0.25) is 19.6 Å². The van der Waals surface area contributed by atoms with Crippen LogP contribution in [0.2, 0.25) is 0 Å². The molecule has 0 amide bonds. The quantitative estimate of drug-likeness (QED) is 0.246. The molecule has 1 N–H and O–H groups in total. The van der Waals surface area contributed by atoms with Gasteiger partial charge in [0, 0.05) is 65.8 Å². The molecular formula is C32H36N6O. The highest BCUT2D eigenvalue weighted by atomic mass is 16.3. The molecule has 7 heteroatoms. The molecule has 0 aliphatic carbocycles. The number of nitrogens with one attached hydrogen (secondary N) is 1. The molecule has 2 aromatic carbocycles. The highest BCUT2D eigenvalue weighted by molar-refractivity contribution is 5.97. The second-order valence-corrected chi connectivity index (χ2v) is 8.85. The highest BCUT2D eigenvalue weighted by Gasteiger charge is 2.14. The molecule has 0 bridgehead atoms. The molecule has 4 aromatic heterocycles. The Hall–Kier alpha value is -4.52. The molecule has 0 radical (unpaired) electrons. The summed E-state index contributed by atoms with van der Waals surface area (Å²) in [5, 5.41) is 9.02. The monoisotopic (exact) mass is 520 g/mol. The zero-order chi connectivity index (χ0) is 27.9. The SMILES string of the molecule is CC.CC.Cc1coc2ccc(-c3cc(N[C@@H](C)c4cncc(-c5cnn(C)c5)c4)cc4nccnc34)cc12. The average Bonchev–Trinajstić information content (AvgIpc) is 3.60. The second kappa shape index (κ2) is 12.3. The number of aromatic nitrogens is 5. The van der Waals surface area contributed by atoms with E-state index in [2.05, 4.69) is 63.5 Å². The predicted octanol–water partition coefficient (Wildman–Crippen LogP) is 8.37. The Morgan fingerprint density at radius 3 is 2.44 bits per heavy atom. The van der Waals surface area contributed by atoms with Crippen molar-refractivity contribution in [2.45, 2.75) is 47.6 Å².